The Hall–Kier alpha value is -1.62. The summed E-state index contributed by atoms with van der Waals surface area (Å²) in [5, 5.41) is 10.8. The van der Waals surface area contributed by atoms with Gasteiger partial charge in [-0.15, -0.1) is 0 Å². The average molecular weight is 233 g/mol. The van der Waals surface area contributed by atoms with Crippen LogP contribution in [0.5, 0.6) is 0 Å². The summed E-state index contributed by atoms with van der Waals surface area (Å²) in [6.07, 6.45) is 1.05. The average Bonchev–Trinajstić information content (AvgIpc) is 2.17. The molecule has 0 saturated heterocycles. The first-order valence-electron chi connectivity index (χ1n) is 3.84. The van der Waals surface area contributed by atoms with E-state index in [0.29, 0.717) is 6.07 Å². The minimum atomic E-state index is -0.818. The monoisotopic (exact) mass is 232 g/mol. The first-order valence-corrected chi connectivity index (χ1v) is 4.22. The second-order valence-corrected chi connectivity index (χ2v) is 3.05. The minimum absolute atomic E-state index is 0.0235. The molecule has 6 heteroatoms. The summed E-state index contributed by atoms with van der Waals surface area (Å²) in [5.74, 6) is -1.80. The van der Waals surface area contributed by atoms with Crippen molar-refractivity contribution in [2.45, 2.75) is 0 Å². The van der Waals surface area contributed by atoms with Crippen molar-refractivity contribution in [1.82, 2.24) is 0 Å². The fourth-order valence-electron chi connectivity index (χ4n) is 0.920. The lowest BCUT2D eigenvalue weighted by Gasteiger charge is -2.01. The van der Waals surface area contributed by atoms with Crippen LogP contribution in [0.4, 0.5) is 8.78 Å². The summed E-state index contributed by atoms with van der Waals surface area (Å²) in [6, 6.07) is 2.91. The fraction of sp³-hybridized carbons (Fsp3) is 0. The second-order valence-electron chi connectivity index (χ2n) is 2.64. The maximum Gasteiger partial charge on any atom is 0.164 e. The van der Waals surface area contributed by atoms with Gasteiger partial charge in [0.2, 0.25) is 0 Å². The normalized spacial score (nSPS) is 13.0. The summed E-state index contributed by atoms with van der Waals surface area (Å²) >= 11 is 5.66. The van der Waals surface area contributed by atoms with E-state index in [1.54, 1.807) is 0 Å². The lowest BCUT2D eigenvalue weighted by molar-refractivity contribution is 0.319. The van der Waals surface area contributed by atoms with Gasteiger partial charge >= 0.3 is 0 Å². The maximum atomic E-state index is 13.1. The molecule has 0 aromatic heterocycles. The number of nitrogens with zero attached hydrogens (tertiary/aromatic N) is 1. The van der Waals surface area contributed by atoms with Crippen molar-refractivity contribution in [3.8, 4) is 0 Å². The SMILES string of the molecule is NC(/C=C(\Cl)c1ccc(F)cc1F)=N/O. The van der Waals surface area contributed by atoms with Crippen LogP contribution in [0.1, 0.15) is 5.56 Å². The van der Waals surface area contributed by atoms with E-state index in [0.717, 1.165) is 18.2 Å². The quantitative estimate of drug-likeness (QED) is 0.356. The lowest BCUT2D eigenvalue weighted by atomic mass is 10.2. The van der Waals surface area contributed by atoms with Gasteiger partial charge < -0.3 is 10.9 Å². The molecule has 1 aromatic rings. The van der Waals surface area contributed by atoms with Crippen molar-refractivity contribution in [3.63, 3.8) is 0 Å². The summed E-state index contributed by atoms with van der Waals surface area (Å²) in [6.45, 7) is 0. The van der Waals surface area contributed by atoms with E-state index < -0.39 is 11.6 Å². The zero-order chi connectivity index (χ0) is 11.4. The number of halogens is 3. The molecule has 1 rings (SSSR count). The number of nitrogens with two attached hydrogens (primary N) is 1. The highest BCUT2D eigenvalue weighted by molar-refractivity contribution is 6.50. The standard InChI is InChI=1S/C9H7ClF2N2O/c10-7(4-9(13)14-15)6-2-1-5(11)3-8(6)12/h1-4,15H,(H2,13,14)/b7-4-. The molecule has 0 unspecified atom stereocenters. The predicted molar refractivity (Wildman–Crippen MR) is 53.6 cm³/mol. The first-order chi connectivity index (χ1) is 7.04. The molecular formula is C9H7ClF2N2O. The fourth-order valence-corrected chi connectivity index (χ4v) is 1.18. The van der Waals surface area contributed by atoms with Crippen LogP contribution in [-0.2, 0) is 0 Å². The van der Waals surface area contributed by atoms with Crippen molar-refractivity contribution in [2.24, 2.45) is 10.9 Å². The molecule has 0 bridgehead atoms. The Morgan fingerprint density at radius 1 is 1.47 bits per heavy atom. The third kappa shape index (κ3) is 2.92. The molecule has 0 fully saturated rings. The number of amidine groups is 1. The highest BCUT2D eigenvalue weighted by atomic mass is 35.5. The van der Waals surface area contributed by atoms with Gasteiger partial charge in [0.15, 0.2) is 5.84 Å². The van der Waals surface area contributed by atoms with Gasteiger partial charge in [-0.05, 0) is 12.1 Å². The number of hydrogen-bond donors (Lipinski definition) is 2. The van der Waals surface area contributed by atoms with Gasteiger partial charge in [-0.25, -0.2) is 8.78 Å². The van der Waals surface area contributed by atoms with Gasteiger partial charge in [0.25, 0.3) is 0 Å². The number of rotatable bonds is 2. The van der Waals surface area contributed by atoms with Crippen molar-refractivity contribution < 1.29 is 14.0 Å². The minimum Gasteiger partial charge on any atom is -0.409 e. The van der Waals surface area contributed by atoms with E-state index in [9.17, 15) is 8.78 Å². The van der Waals surface area contributed by atoms with Crippen LogP contribution >= 0.6 is 11.6 Å². The van der Waals surface area contributed by atoms with Crippen molar-refractivity contribution in [3.05, 3.63) is 41.5 Å². The molecule has 0 spiro atoms. The Morgan fingerprint density at radius 2 is 2.13 bits per heavy atom. The van der Waals surface area contributed by atoms with Crippen LogP contribution in [0, 0.1) is 11.6 Å². The molecule has 1 aromatic carbocycles. The van der Waals surface area contributed by atoms with E-state index in [-0.39, 0.29) is 16.4 Å². The van der Waals surface area contributed by atoms with E-state index in [1.165, 1.54) is 0 Å². The molecule has 0 amide bonds. The Morgan fingerprint density at radius 3 is 2.67 bits per heavy atom. The van der Waals surface area contributed by atoms with Gasteiger partial charge in [0.05, 0.1) is 5.03 Å². The van der Waals surface area contributed by atoms with Crippen molar-refractivity contribution in [2.75, 3.05) is 0 Å². The second kappa shape index (κ2) is 4.75. The molecule has 0 aliphatic carbocycles. The van der Waals surface area contributed by atoms with Gasteiger partial charge in [0, 0.05) is 17.7 Å². The molecule has 0 radical (unpaired) electrons. The summed E-state index contributed by atoms with van der Waals surface area (Å²) in [5.41, 5.74) is 5.11. The molecule has 0 aliphatic rings. The third-order valence-electron chi connectivity index (χ3n) is 1.58. The van der Waals surface area contributed by atoms with E-state index in [1.807, 2.05) is 0 Å². The molecule has 80 valence electrons. The third-order valence-corrected chi connectivity index (χ3v) is 1.89. The van der Waals surface area contributed by atoms with Crippen LogP contribution in [0.3, 0.4) is 0 Å². The zero-order valence-corrected chi connectivity index (χ0v) is 8.17. The molecule has 0 heterocycles. The van der Waals surface area contributed by atoms with Crippen molar-refractivity contribution >= 4 is 22.5 Å². The molecule has 15 heavy (non-hydrogen) atoms. The topological polar surface area (TPSA) is 58.6 Å². The van der Waals surface area contributed by atoms with Crippen molar-refractivity contribution in [1.29, 1.82) is 0 Å². The highest BCUT2D eigenvalue weighted by Crippen LogP contribution is 2.22. The van der Waals surface area contributed by atoms with Crippen LogP contribution in [0.2, 0.25) is 0 Å². The predicted octanol–water partition coefficient (Wildman–Crippen LogP) is 2.29. The highest BCUT2D eigenvalue weighted by Gasteiger charge is 2.07. The largest absolute Gasteiger partial charge is 0.409 e. The Labute approximate surface area is 89.5 Å². The summed E-state index contributed by atoms with van der Waals surface area (Å²) in [7, 11) is 0. The van der Waals surface area contributed by atoms with E-state index >= 15 is 0 Å². The van der Waals surface area contributed by atoms with Gasteiger partial charge in [-0.2, -0.15) is 0 Å². The van der Waals surface area contributed by atoms with Crippen LogP contribution < -0.4 is 5.73 Å². The Kier molecular flexibility index (Phi) is 3.62. The molecule has 0 aliphatic heterocycles. The van der Waals surface area contributed by atoms with Gasteiger partial charge in [-0.3, -0.25) is 0 Å². The number of oxime groups is 1. The van der Waals surface area contributed by atoms with Gasteiger partial charge in [0.1, 0.15) is 11.6 Å². The number of hydrogen-bond acceptors (Lipinski definition) is 2. The van der Waals surface area contributed by atoms with Crippen LogP contribution in [-0.4, -0.2) is 11.0 Å². The molecule has 3 nitrogen and oxygen atoms in total. The van der Waals surface area contributed by atoms with E-state index in [4.69, 9.17) is 22.5 Å². The maximum absolute atomic E-state index is 13.1. The summed E-state index contributed by atoms with van der Waals surface area (Å²) < 4.78 is 25.7. The number of benzene rings is 1. The Balaban J connectivity index is 3.12. The molecule has 3 N–H and O–H groups in total. The Bertz CT molecular complexity index is 432. The zero-order valence-electron chi connectivity index (χ0n) is 7.42. The molecular weight excluding hydrogens is 226 g/mol. The first kappa shape index (κ1) is 11.5. The molecule has 0 atom stereocenters. The summed E-state index contributed by atoms with van der Waals surface area (Å²) in [4.78, 5) is 0. The smallest absolute Gasteiger partial charge is 0.164 e. The van der Waals surface area contributed by atoms with Gasteiger partial charge in [-0.1, -0.05) is 16.8 Å². The van der Waals surface area contributed by atoms with E-state index in [2.05, 4.69) is 5.16 Å². The van der Waals surface area contributed by atoms with Crippen LogP contribution in [0.15, 0.2) is 29.4 Å². The molecule has 0 saturated carbocycles. The van der Waals surface area contributed by atoms with Crippen LogP contribution in [0.25, 0.3) is 5.03 Å². The lowest BCUT2D eigenvalue weighted by Crippen LogP contribution is -2.07.